The molecule has 1 aromatic rings. The molecular weight excluding hydrogens is 178 g/mol. The maximum absolute atomic E-state index is 12.2. The highest BCUT2D eigenvalue weighted by molar-refractivity contribution is 5.76. The van der Waals surface area contributed by atoms with Gasteiger partial charge in [-0.3, -0.25) is 4.79 Å². The lowest BCUT2D eigenvalue weighted by molar-refractivity contribution is 0.106. The van der Waals surface area contributed by atoms with Crippen LogP contribution in [-0.4, -0.2) is 6.29 Å². The topological polar surface area (TPSA) is 30.2 Å². The molecule has 0 unspecified atom stereocenters. The van der Waals surface area contributed by atoms with E-state index in [1.54, 1.807) is 0 Å². The third-order valence-electron chi connectivity index (χ3n) is 1.66. The molecule has 2 nitrogen and oxygen atoms in total. The number of aryl methyl sites for hydroxylation is 1. The van der Waals surface area contributed by atoms with E-state index in [1.165, 1.54) is 6.07 Å². The van der Waals surface area contributed by atoms with E-state index in [-0.39, 0.29) is 5.56 Å². The van der Waals surface area contributed by atoms with E-state index in [9.17, 15) is 13.6 Å². The van der Waals surface area contributed by atoms with Gasteiger partial charge in [-0.1, -0.05) is 6.92 Å². The molecule has 0 fully saturated rings. The molecule has 0 aliphatic rings. The van der Waals surface area contributed by atoms with Gasteiger partial charge in [0, 0.05) is 6.42 Å². The average Bonchev–Trinajstić information content (AvgIpc) is 2.48. The first-order chi connectivity index (χ1) is 6.19. The van der Waals surface area contributed by atoms with Gasteiger partial charge in [0.25, 0.3) is 6.43 Å². The van der Waals surface area contributed by atoms with E-state index in [0.717, 1.165) is 6.42 Å². The predicted octanol–water partition coefficient (Wildman–Crippen LogP) is 2.98. The molecule has 0 amide bonds. The Hall–Kier alpha value is -1.19. The molecule has 72 valence electrons. The van der Waals surface area contributed by atoms with E-state index in [4.69, 9.17) is 4.42 Å². The molecule has 0 spiro atoms. The second-order valence-corrected chi connectivity index (χ2v) is 2.70. The first-order valence-electron chi connectivity index (χ1n) is 4.05. The highest BCUT2D eigenvalue weighted by Gasteiger charge is 2.18. The third-order valence-corrected chi connectivity index (χ3v) is 1.66. The lowest BCUT2D eigenvalue weighted by Gasteiger charge is -1.93. The van der Waals surface area contributed by atoms with Crippen molar-refractivity contribution in [3.8, 4) is 0 Å². The van der Waals surface area contributed by atoms with Crippen molar-refractivity contribution in [1.82, 2.24) is 0 Å². The van der Waals surface area contributed by atoms with E-state index in [2.05, 4.69) is 0 Å². The summed E-state index contributed by atoms with van der Waals surface area (Å²) in [5.74, 6) is -0.0710. The van der Waals surface area contributed by atoms with E-state index in [1.807, 2.05) is 6.92 Å². The van der Waals surface area contributed by atoms with Gasteiger partial charge in [0.2, 0.25) is 0 Å². The van der Waals surface area contributed by atoms with Crippen molar-refractivity contribution < 1.29 is 18.0 Å². The number of rotatable bonds is 4. The van der Waals surface area contributed by atoms with E-state index < -0.39 is 12.2 Å². The molecule has 0 aliphatic heterocycles. The van der Waals surface area contributed by atoms with Gasteiger partial charge in [0.1, 0.15) is 5.76 Å². The smallest absolute Gasteiger partial charge is 0.296 e. The summed E-state index contributed by atoms with van der Waals surface area (Å²) in [5, 5.41) is 0. The van der Waals surface area contributed by atoms with E-state index >= 15 is 0 Å². The Labute approximate surface area is 74.5 Å². The standard InChI is InChI=1S/C9H10F2O2/c1-2-3-7-4-6(5-12)8(13-7)9(10)11/h4-5,9H,2-3H2,1H3. The molecule has 13 heavy (non-hydrogen) atoms. The van der Waals surface area contributed by atoms with Crippen LogP contribution in [-0.2, 0) is 6.42 Å². The first-order valence-corrected chi connectivity index (χ1v) is 4.05. The van der Waals surface area contributed by atoms with Crippen molar-refractivity contribution in [2.75, 3.05) is 0 Å². The fraction of sp³-hybridized carbons (Fsp3) is 0.444. The Morgan fingerprint density at radius 2 is 2.31 bits per heavy atom. The Balaban J connectivity index is 2.97. The number of hydrogen-bond acceptors (Lipinski definition) is 2. The maximum atomic E-state index is 12.2. The number of furan rings is 1. The summed E-state index contributed by atoms with van der Waals surface area (Å²) >= 11 is 0. The van der Waals surface area contributed by atoms with Gasteiger partial charge in [0.05, 0.1) is 5.56 Å². The Morgan fingerprint density at radius 1 is 1.62 bits per heavy atom. The van der Waals surface area contributed by atoms with Crippen molar-refractivity contribution in [1.29, 1.82) is 0 Å². The summed E-state index contributed by atoms with van der Waals surface area (Å²) in [6, 6.07) is 1.37. The van der Waals surface area contributed by atoms with Crippen molar-refractivity contribution in [3.05, 3.63) is 23.2 Å². The summed E-state index contributed by atoms with van der Waals surface area (Å²) < 4.78 is 29.3. The Bertz CT molecular complexity index is 292. The van der Waals surface area contributed by atoms with Crippen LogP contribution in [0.3, 0.4) is 0 Å². The zero-order valence-corrected chi connectivity index (χ0v) is 7.22. The summed E-state index contributed by atoms with van der Waals surface area (Å²) in [5.41, 5.74) is -0.0431. The molecule has 4 heteroatoms. The van der Waals surface area contributed by atoms with Gasteiger partial charge in [-0.15, -0.1) is 0 Å². The molecule has 0 radical (unpaired) electrons. The highest BCUT2D eigenvalue weighted by Crippen LogP contribution is 2.25. The number of carbonyl (C=O) groups is 1. The number of carbonyl (C=O) groups excluding carboxylic acids is 1. The molecule has 0 atom stereocenters. The lowest BCUT2D eigenvalue weighted by atomic mass is 10.2. The predicted molar refractivity (Wildman–Crippen MR) is 43.0 cm³/mol. The van der Waals surface area contributed by atoms with Gasteiger partial charge in [0.15, 0.2) is 12.0 Å². The second kappa shape index (κ2) is 4.16. The fourth-order valence-electron chi connectivity index (χ4n) is 1.11. The molecule has 0 aliphatic carbocycles. The normalized spacial score (nSPS) is 10.8. The minimum absolute atomic E-state index is 0.0431. The van der Waals surface area contributed by atoms with Crippen LogP contribution in [0, 0.1) is 0 Å². The number of aldehydes is 1. The maximum Gasteiger partial charge on any atom is 0.296 e. The average molecular weight is 188 g/mol. The molecule has 0 aromatic carbocycles. The summed E-state index contributed by atoms with van der Waals surface area (Å²) in [7, 11) is 0. The molecule has 0 N–H and O–H groups in total. The van der Waals surface area contributed by atoms with Crippen LogP contribution in [0.5, 0.6) is 0 Å². The fourth-order valence-corrected chi connectivity index (χ4v) is 1.11. The summed E-state index contributed by atoms with van der Waals surface area (Å²) in [6.45, 7) is 1.91. The molecule has 1 rings (SSSR count). The van der Waals surface area contributed by atoms with Crippen LogP contribution in [0.1, 0.15) is 41.6 Å². The molecule has 1 heterocycles. The van der Waals surface area contributed by atoms with Crippen LogP contribution >= 0.6 is 0 Å². The van der Waals surface area contributed by atoms with Crippen LogP contribution in [0.4, 0.5) is 8.78 Å². The minimum atomic E-state index is -2.72. The number of alkyl halides is 2. The van der Waals surface area contributed by atoms with Crippen molar-refractivity contribution >= 4 is 6.29 Å². The molecular formula is C9H10F2O2. The van der Waals surface area contributed by atoms with Crippen LogP contribution in [0.2, 0.25) is 0 Å². The Kier molecular flexibility index (Phi) is 3.17. The van der Waals surface area contributed by atoms with Gasteiger partial charge in [-0.2, -0.15) is 0 Å². The SMILES string of the molecule is CCCc1cc(C=O)c(C(F)F)o1. The third kappa shape index (κ3) is 2.14. The largest absolute Gasteiger partial charge is 0.459 e. The van der Waals surface area contributed by atoms with Gasteiger partial charge < -0.3 is 4.42 Å². The van der Waals surface area contributed by atoms with E-state index in [0.29, 0.717) is 18.5 Å². The lowest BCUT2D eigenvalue weighted by Crippen LogP contribution is -1.85. The zero-order chi connectivity index (χ0) is 9.84. The summed E-state index contributed by atoms with van der Waals surface area (Å²) in [4.78, 5) is 10.4. The molecule has 1 aromatic heterocycles. The van der Waals surface area contributed by atoms with Crippen LogP contribution < -0.4 is 0 Å². The monoisotopic (exact) mass is 188 g/mol. The highest BCUT2D eigenvalue weighted by atomic mass is 19.3. The van der Waals surface area contributed by atoms with Crippen molar-refractivity contribution in [3.63, 3.8) is 0 Å². The number of hydrogen-bond donors (Lipinski definition) is 0. The second-order valence-electron chi connectivity index (χ2n) is 2.70. The zero-order valence-electron chi connectivity index (χ0n) is 7.22. The van der Waals surface area contributed by atoms with Gasteiger partial charge >= 0.3 is 0 Å². The van der Waals surface area contributed by atoms with Gasteiger partial charge in [-0.25, -0.2) is 8.78 Å². The number of halogens is 2. The Morgan fingerprint density at radius 3 is 2.69 bits per heavy atom. The van der Waals surface area contributed by atoms with Crippen molar-refractivity contribution in [2.45, 2.75) is 26.2 Å². The van der Waals surface area contributed by atoms with Crippen molar-refractivity contribution in [2.24, 2.45) is 0 Å². The quantitative estimate of drug-likeness (QED) is 0.680. The first kappa shape index (κ1) is 9.89. The van der Waals surface area contributed by atoms with Crippen LogP contribution in [0.25, 0.3) is 0 Å². The van der Waals surface area contributed by atoms with Gasteiger partial charge in [-0.05, 0) is 12.5 Å². The minimum Gasteiger partial charge on any atom is -0.459 e. The molecule has 0 bridgehead atoms. The van der Waals surface area contributed by atoms with Crippen LogP contribution in [0.15, 0.2) is 10.5 Å². The molecule has 0 saturated carbocycles. The summed E-state index contributed by atoms with van der Waals surface area (Å²) in [6.07, 6.45) is -0.947. The molecule has 0 saturated heterocycles.